The maximum atomic E-state index is 4.54. The Morgan fingerprint density at radius 1 is 1.30 bits per heavy atom. The number of aryl methyl sites for hydroxylation is 1. The SMILES string of the molecule is CCCc1nccn1C1Cc2ccccc2C1NCC. The highest BCUT2D eigenvalue weighted by molar-refractivity contribution is 5.37. The second-order valence-corrected chi connectivity index (χ2v) is 5.51. The Balaban J connectivity index is 1.95. The summed E-state index contributed by atoms with van der Waals surface area (Å²) in [7, 11) is 0. The van der Waals surface area contributed by atoms with Crippen LogP contribution in [0.25, 0.3) is 0 Å². The van der Waals surface area contributed by atoms with Crippen molar-refractivity contribution < 1.29 is 0 Å². The fraction of sp³-hybridized carbons (Fsp3) is 0.471. The van der Waals surface area contributed by atoms with E-state index in [1.54, 1.807) is 0 Å². The lowest BCUT2D eigenvalue weighted by Crippen LogP contribution is -2.28. The zero-order valence-corrected chi connectivity index (χ0v) is 12.3. The average Bonchev–Trinajstić information content (AvgIpc) is 3.05. The minimum Gasteiger partial charge on any atom is -0.330 e. The van der Waals surface area contributed by atoms with Crippen molar-refractivity contribution >= 4 is 0 Å². The summed E-state index contributed by atoms with van der Waals surface area (Å²) in [5, 5.41) is 3.66. The Morgan fingerprint density at radius 3 is 2.95 bits per heavy atom. The van der Waals surface area contributed by atoms with Crippen LogP contribution < -0.4 is 5.32 Å². The summed E-state index contributed by atoms with van der Waals surface area (Å²) in [5.74, 6) is 1.22. The van der Waals surface area contributed by atoms with Crippen molar-refractivity contribution in [1.82, 2.24) is 14.9 Å². The molecule has 0 fully saturated rings. The first kappa shape index (κ1) is 13.4. The Morgan fingerprint density at radius 2 is 2.15 bits per heavy atom. The average molecular weight is 269 g/mol. The minimum atomic E-state index is 0.404. The van der Waals surface area contributed by atoms with Gasteiger partial charge in [-0.3, -0.25) is 0 Å². The van der Waals surface area contributed by atoms with Gasteiger partial charge in [0.05, 0.1) is 12.1 Å². The van der Waals surface area contributed by atoms with Gasteiger partial charge in [0.25, 0.3) is 0 Å². The fourth-order valence-electron chi connectivity index (χ4n) is 3.36. The molecule has 0 radical (unpaired) electrons. The first-order valence-electron chi connectivity index (χ1n) is 7.68. The summed E-state index contributed by atoms with van der Waals surface area (Å²) in [6.07, 6.45) is 7.38. The third-order valence-corrected chi connectivity index (χ3v) is 4.21. The molecule has 1 aromatic carbocycles. The van der Waals surface area contributed by atoms with Gasteiger partial charge in [-0.25, -0.2) is 4.98 Å². The van der Waals surface area contributed by atoms with Crippen LogP contribution in [-0.4, -0.2) is 16.1 Å². The second-order valence-electron chi connectivity index (χ2n) is 5.51. The van der Waals surface area contributed by atoms with E-state index in [1.807, 2.05) is 6.20 Å². The van der Waals surface area contributed by atoms with Crippen LogP contribution in [0.15, 0.2) is 36.7 Å². The van der Waals surface area contributed by atoms with E-state index in [4.69, 9.17) is 0 Å². The summed E-state index contributed by atoms with van der Waals surface area (Å²) >= 11 is 0. The lowest BCUT2D eigenvalue weighted by atomic mass is 10.1. The number of aromatic nitrogens is 2. The number of benzene rings is 1. The van der Waals surface area contributed by atoms with Crippen LogP contribution in [0.5, 0.6) is 0 Å². The number of nitrogens with zero attached hydrogens (tertiary/aromatic N) is 2. The van der Waals surface area contributed by atoms with E-state index in [-0.39, 0.29) is 0 Å². The van der Waals surface area contributed by atoms with Gasteiger partial charge in [-0.2, -0.15) is 0 Å². The molecule has 3 nitrogen and oxygen atoms in total. The molecule has 1 aliphatic carbocycles. The topological polar surface area (TPSA) is 29.9 Å². The van der Waals surface area contributed by atoms with E-state index < -0.39 is 0 Å². The Bertz CT molecular complexity index is 573. The molecule has 20 heavy (non-hydrogen) atoms. The van der Waals surface area contributed by atoms with Crippen LogP contribution in [-0.2, 0) is 12.8 Å². The van der Waals surface area contributed by atoms with Gasteiger partial charge in [0.1, 0.15) is 5.82 Å². The molecular formula is C17H23N3. The van der Waals surface area contributed by atoms with Crippen molar-refractivity contribution in [3.05, 3.63) is 53.6 Å². The van der Waals surface area contributed by atoms with Crippen LogP contribution in [0, 0.1) is 0 Å². The number of rotatable bonds is 5. The molecule has 0 amide bonds. The van der Waals surface area contributed by atoms with Gasteiger partial charge in [-0.05, 0) is 30.5 Å². The normalized spacial score (nSPS) is 21.1. The van der Waals surface area contributed by atoms with Crippen LogP contribution in [0.3, 0.4) is 0 Å². The molecule has 1 aromatic heterocycles. The zero-order chi connectivity index (χ0) is 13.9. The molecule has 106 valence electrons. The quantitative estimate of drug-likeness (QED) is 0.902. The first-order valence-corrected chi connectivity index (χ1v) is 7.68. The monoisotopic (exact) mass is 269 g/mol. The summed E-state index contributed by atoms with van der Waals surface area (Å²) < 4.78 is 2.39. The largest absolute Gasteiger partial charge is 0.330 e. The van der Waals surface area contributed by atoms with Crippen molar-refractivity contribution in [3.63, 3.8) is 0 Å². The molecule has 2 atom stereocenters. The molecule has 2 aromatic rings. The first-order chi connectivity index (χ1) is 9.85. The molecule has 3 heteroatoms. The molecule has 0 bridgehead atoms. The Kier molecular flexibility index (Phi) is 3.88. The van der Waals surface area contributed by atoms with Gasteiger partial charge in [0, 0.05) is 18.8 Å². The predicted molar refractivity (Wildman–Crippen MR) is 81.8 cm³/mol. The summed E-state index contributed by atoms with van der Waals surface area (Å²) in [6, 6.07) is 9.67. The van der Waals surface area contributed by atoms with E-state index in [0.717, 1.165) is 25.8 Å². The number of imidazole rings is 1. The Labute approximate surface area is 121 Å². The van der Waals surface area contributed by atoms with E-state index >= 15 is 0 Å². The number of nitrogens with one attached hydrogen (secondary N) is 1. The lowest BCUT2D eigenvalue weighted by molar-refractivity contribution is 0.377. The zero-order valence-electron chi connectivity index (χ0n) is 12.3. The molecule has 1 N–H and O–H groups in total. The van der Waals surface area contributed by atoms with Gasteiger partial charge >= 0.3 is 0 Å². The van der Waals surface area contributed by atoms with Crippen molar-refractivity contribution in [1.29, 1.82) is 0 Å². The standard InChI is InChI=1S/C17H23N3/c1-3-7-16-19-10-11-20(16)15-12-13-8-5-6-9-14(13)17(15)18-4-2/h5-6,8-11,15,17-18H,3-4,7,12H2,1-2H3. The van der Waals surface area contributed by atoms with Gasteiger partial charge in [0.2, 0.25) is 0 Å². The van der Waals surface area contributed by atoms with Gasteiger partial charge < -0.3 is 9.88 Å². The third-order valence-electron chi connectivity index (χ3n) is 4.21. The maximum absolute atomic E-state index is 4.54. The molecule has 0 saturated carbocycles. The second kappa shape index (κ2) is 5.80. The number of hydrogen-bond donors (Lipinski definition) is 1. The van der Waals surface area contributed by atoms with Crippen molar-refractivity contribution in [2.24, 2.45) is 0 Å². The number of likely N-dealkylation sites (N-methyl/N-ethyl adjacent to an activating group) is 1. The molecule has 1 aliphatic rings. The molecule has 0 spiro atoms. The number of hydrogen-bond acceptors (Lipinski definition) is 2. The predicted octanol–water partition coefficient (Wildman–Crippen LogP) is 3.28. The van der Waals surface area contributed by atoms with Crippen molar-refractivity contribution in [2.45, 2.75) is 45.2 Å². The molecular weight excluding hydrogens is 246 g/mol. The number of fused-ring (bicyclic) bond motifs is 1. The summed E-state index contributed by atoms with van der Waals surface area (Å²) in [4.78, 5) is 4.54. The van der Waals surface area contributed by atoms with Crippen molar-refractivity contribution in [3.8, 4) is 0 Å². The van der Waals surface area contributed by atoms with E-state index in [2.05, 4.69) is 59.2 Å². The summed E-state index contributed by atoms with van der Waals surface area (Å²) in [5.41, 5.74) is 2.93. The van der Waals surface area contributed by atoms with Gasteiger partial charge in [0.15, 0.2) is 0 Å². The fourth-order valence-corrected chi connectivity index (χ4v) is 3.36. The molecule has 0 saturated heterocycles. The van der Waals surface area contributed by atoms with E-state index in [9.17, 15) is 0 Å². The van der Waals surface area contributed by atoms with E-state index in [1.165, 1.54) is 17.0 Å². The molecule has 0 aliphatic heterocycles. The van der Waals surface area contributed by atoms with Crippen LogP contribution in [0.1, 0.15) is 49.3 Å². The molecule has 1 heterocycles. The lowest BCUT2D eigenvalue weighted by Gasteiger charge is -2.24. The Hall–Kier alpha value is -1.61. The smallest absolute Gasteiger partial charge is 0.108 e. The highest BCUT2D eigenvalue weighted by Crippen LogP contribution is 2.39. The highest BCUT2D eigenvalue weighted by Gasteiger charge is 2.33. The van der Waals surface area contributed by atoms with E-state index in [0.29, 0.717) is 12.1 Å². The summed E-state index contributed by atoms with van der Waals surface area (Å²) in [6.45, 7) is 5.39. The van der Waals surface area contributed by atoms with Gasteiger partial charge in [-0.1, -0.05) is 38.1 Å². The molecule has 3 rings (SSSR count). The van der Waals surface area contributed by atoms with Crippen LogP contribution in [0.4, 0.5) is 0 Å². The van der Waals surface area contributed by atoms with Crippen molar-refractivity contribution in [2.75, 3.05) is 6.54 Å². The van der Waals surface area contributed by atoms with Gasteiger partial charge in [-0.15, -0.1) is 0 Å². The minimum absolute atomic E-state index is 0.404. The molecule has 2 unspecified atom stereocenters. The maximum Gasteiger partial charge on any atom is 0.108 e. The third kappa shape index (κ3) is 2.27. The van der Waals surface area contributed by atoms with Crippen LogP contribution in [0.2, 0.25) is 0 Å². The van der Waals surface area contributed by atoms with Crippen LogP contribution >= 0.6 is 0 Å². The highest BCUT2D eigenvalue weighted by atomic mass is 15.1.